The molecule has 1 aromatic rings. The zero-order valence-corrected chi connectivity index (χ0v) is 12.5. The van der Waals surface area contributed by atoms with E-state index in [4.69, 9.17) is 4.74 Å². The van der Waals surface area contributed by atoms with Crippen molar-refractivity contribution in [3.63, 3.8) is 0 Å². The number of hydrogen-bond acceptors (Lipinski definition) is 4. The van der Waals surface area contributed by atoms with Crippen molar-refractivity contribution >= 4 is 21.6 Å². The second-order valence-corrected chi connectivity index (χ2v) is 4.67. The summed E-state index contributed by atoms with van der Waals surface area (Å²) in [5.74, 6) is 0. The molecular formula is C12H20BrN3O2. The highest BCUT2D eigenvalue weighted by atomic mass is 79.9. The molecule has 1 aromatic heterocycles. The lowest BCUT2D eigenvalue weighted by atomic mass is 10.4. The predicted octanol–water partition coefficient (Wildman–Crippen LogP) is 2.25. The number of aryl methyl sites for hydroxylation is 1. The molecule has 5 nitrogen and oxygen atoms in total. The van der Waals surface area contributed by atoms with Gasteiger partial charge in [0.1, 0.15) is 4.47 Å². The highest BCUT2D eigenvalue weighted by Crippen LogP contribution is 2.15. The lowest BCUT2D eigenvalue weighted by molar-refractivity contribution is 0.147. The summed E-state index contributed by atoms with van der Waals surface area (Å²) in [6.07, 6.45) is 3.47. The third-order valence-corrected chi connectivity index (χ3v) is 3.17. The van der Waals surface area contributed by atoms with Crippen molar-refractivity contribution in [1.29, 1.82) is 0 Å². The van der Waals surface area contributed by atoms with E-state index in [1.165, 1.54) is 4.68 Å². The maximum absolute atomic E-state index is 11.9. The Morgan fingerprint density at radius 2 is 2.28 bits per heavy atom. The third kappa shape index (κ3) is 4.42. The van der Waals surface area contributed by atoms with Crippen LogP contribution in [-0.2, 0) is 11.3 Å². The number of halogens is 1. The van der Waals surface area contributed by atoms with Gasteiger partial charge in [-0.1, -0.05) is 6.92 Å². The average Bonchev–Trinajstić information content (AvgIpc) is 2.37. The topological polar surface area (TPSA) is 56.1 Å². The Morgan fingerprint density at radius 1 is 1.50 bits per heavy atom. The van der Waals surface area contributed by atoms with Crippen molar-refractivity contribution < 1.29 is 4.74 Å². The number of ether oxygens (including phenoxy) is 1. The molecule has 1 rings (SSSR count). The van der Waals surface area contributed by atoms with Gasteiger partial charge < -0.3 is 10.1 Å². The molecule has 18 heavy (non-hydrogen) atoms. The highest BCUT2D eigenvalue weighted by molar-refractivity contribution is 9.10. The standard InChI is InChI=1S/C12H20BrN3O2/c1-3-7-16-12(17)11(13)10(9-15-16)14-6-5-8-18-4-2/h9,14H,3-8H2,1-2H3. The Balaban J connectivity index is 2.57. The Kier molecular flexibility index (Phi) is 6.97. The van der Waals surface area contributed by atoms with Crippen molar-refractivity contribution in [3.05, 3.63) is 21.0 Å². The van der Waals surface area contributed by atoms with Crippen LogP contribution in [0.15, 0.2) is 15.5 Å². The number of aromatic nitrogens is 2. The molecule has 0 amide bonds. The maximum Gasteiger partial charge on any atom is 0.283 e. The molecule has 102 valence electrons. The molecule has 6 heteroatoms. The van der Waals surface area contributed by atoms with Crippen LogP contribution in [0.3, 0.4) is 0 Å². The first-order valence-electron chi connectivity index (χ1n) is 6.27. The number of hydrogen-bond donors (Lipinski definition) is 1. The molecule has 0 fully saturated rings. The third-order valence-electron chi connectivity index (χ3n) is 2.41. The van der Waals surface area contributed by atoms with Crippen LogP contribution < -0.4 is 10.9 Å². The van der Waals surface area contributed by atoms with Crippen LogP contribution in [-0.4, -0.2) is 29.5 Å². The van der Waals surface area contributed by atoms with Crippen molar-refractivity contribution in [2.45, 2.75) is 33.2 Å². The van der Waals surface area contributed by atoms with Gasteiger partial charge in [-0.15, -0.1) is 0 Å². The second-order valence-electron chi connectivity index (χ2n) is 3.88. The number of rotatable bonds is 8. The molecule has 0 spiro atoms. The van der Waals surface area contributed by atoms with E-state index in [0.717, 1.165) is 38.3 Å². The quantitative estimate of drug-likeness (QED) is 0.747. The van der Waals surface area contributed by atoms with Gasteiger partial charge in [-0.3, -0.25) is 4.79 Å². The first-order chi connectivity index (χ1) is 8.70. The maximum atomic E-state index is 11.9. The second kappa shape index (κ2) is 8.26. The molecule has 0 bridgehead atoms. The molecule has 0 saturated heterocycles. The van der Waals surface area contributed by atoms with Crippen LogP contribution in [0, 0.1) is 0 Å². The van der Waals surface area contributed by atoms with Gasteiger partial charge >= 0.3 is 0 Å². The molecule has 0 aromatic carbocycles. The van der Waals surface area contributed by atoms with Gasteiger partial charge in [-0.25, -0.2) is 4.68 Å². The van der Waals surface area contributed by atoms with Crippen LogP contribution in [0.25, 0.3) is 0 Å². The van der Waals surface area contributed by atoms with E-state index in [1.54, 1.807) is 6.20 Å². The summed E-state index contributed by atoms with van der Waals surface area (Å²) in [6, 6.07) is 0. The van der Waals surface area contributed by atoms with Crippen LogP contribution in [0.5, 0.6) is 0 Å². The number of anilines is 1. The van der Waals surface area contributed by atoms with Gasteiger partial charge in [0.25, 0.3) is 5.56 Å². The summed E-state index contributed by atoms with van der Waals surface area (Å²) in [4.78, 5) is 11.9. The van der Waals surface area contributed by atoms with E-state index in [-0.39, 0.29) is 5.56 Å². The Hall–Kier alpha value is -0.880. The minimum atomic E-state index is -0.0911. The molecule has 0 saturated carbocycles. The van der Waals surface area contributed by atoms with Gasteiger partial charge in [0.2, 0.25) is 0 Å². The summed E-state index contributed by atoms with van der Waals surface area (Å²) in [5.41, 5.74) is 0.649. The Morgan fingerprint density at radius 3 is 2.94 bits per heavy atom. The van der Waals surface area contributed by atoms with Crippen LogP contribution in [0.4, 0.5) is 5.69 Å². The molecule has 0 aliphatic rings. The van der Waals surface area contributed by atoms with E-state index in [2.05, 4.69) is 26.3 Å². The fraction of sp³-hybridized carbons (Fsp3) is 0.667. The molecular weight excluding hydrogens is 298 g/mol. The van der Waals surface area contributed by atoms with Crippen molar-refractivity contribution in [2.24, 2.45) is 0 Å². The molecule has 0 atom stereocenters. The average molecular weight is 318 g/mol. The number of nitrogens with zero attached hydrogens (tertiary/aromatic N) is 2. The SMILES string of the molecule is CCCn1ncc(NCCCOCC)c(Br)c1=O. The fourth-order valence-corrected chi connectivity index (χ4v) is 1.95. The smallest absolute Gasteiger partial charge is 0.283 e. The van der Waals surface area contributed by atoms with E-state index < -0.39 is 0 Å². The zero-order valence-electron chi connectivity index (χ0n) is 10.9. The van der Waals surface area contributed by atoms with Crippen LogP contribution >= 0.6 is 15.9 Å². The van der Waals surface area contributed by atoms with E-state index in [1.807, 2.05) is 13.8 Å². The predicted molar refractivity (Wildman–Crippen MR) is 76.1 cm³/mol. The summed E-state index contributed by atoms with van der Waals surface area (Å²) >= 11 is 3.32. The largest absolute Gasteiger partial charge is 0.383 e. The first-order valence-corrected chi connectivity index (χ1v) is 7.07. The van der Waals surface area contributed by atoms with E-state index in [9.17, 15) is 4.79 Å². The summed E-state index contributed by atoms with van der Waals surface area (Å²) < 4.78 is 7.25. The van der Waals surface area contributed by atoms with Crippen LogP contribution in [0.2, 0.25) is 0 Å². The molecule has 0 unspecified atom stereocenters. The van der Waals surface area contributed by atoms with Gasteiger partial charge in [-0.2, -0.15) is 5.10 Å². The molecule has 0 radical (unpaired) electrons. The molecule has 0 aliphatic heterocycles. The van der Waals surface area contributed by atoms with Gasteiger partial charge in [-0.05, 0) is 35.7 Å². The summed E-state index contributed by atoms with van der Waals surface area (Å²) in [6.45, 7) is 6.85. The lowest BCUT2D eigenvalue weighted by Gasteiger charge is -2.09. The summed E-state index contributed by atoms with van der Waals surface area (Å²) in [5, 5.41) is 7.30. The van der Waals surface area contributed by atoms with Gasteiger partial charge in [0, 0.05) is 26.3 Å². The number of nitrogens with one attached hydrogen (secondary N) is 1. The highest BCUT2D eigenvalue weighted by Gasteiger charge is 2.07. The van der Waals surface area contributed by atoms with E-state index >= 15 is 0 Å². The van der Waals surface area contributed by atoms with Gasteiger partial charge in [0.15, 0.2) is 0 Å². The summed E-state index contributed by atoms with van der Waals surface area (Å²) in [7, 11) is 0. The van der Waals surface area contributed by atoms with Crippen molar-refractivity contribution in [2.75, 3.05) is 25.1 Å². The monoisotopic (exact) mass is 317 g/mol. The molecule has 1 heterocycles. The van der Waals surface area contributed by atoms with Crippen molar-refractivity contribution in [3.8, 4) is 0 Å². The van der Waals surface area contributed by atoms with Crippen LogP contribution in [0.1, 0.15) is 26.7 Å². The first kappa shape index (κ1) is 15.2. The van der Waals surface area contributed by atoms with Crippen molar-refractivity contribution in [1.82, 2.24) is 9.78 Å². The van der Waals surface area contributed by atoms with E-state index in [0.29, 0.717) is 11.0 Å². The minimum Gasteiger partial charge on any atom is -0.383 e. The molecule has 0 aliphatic carbocycles. The normalized spacial score (nSPS) is 10.6. The minimum absolute atomic E-state index is 0.0911. The Bertz CT molecular complexity index is 420. The Labute approximate surface area is 116 Å². The lowest BCUT2D eigenvalue weighted by Crippen LogP contribution is -2.24. The zero-order chi connectivity index (χ0) is 13.4. The van der Waals surface area contributed by atoms with Gasteiger partial charge in [0.05, 0.1) is 11.9 Å². The fourth-order valence-electron chi connectivity index (χ4n) is 1.50. The molecule has 1 N–H and O–H groups in total.